The Kier molecular flexibility index (Phi) is 4.69. The summed E-state index contributed by atoms with van der Waals surface area (Å²) in [7, 11) is 0. The number of rotatable bonds is 6. The molecule has 110 valence electrons. The van der Waals surface area contributed by atoms with Crippen LogP contribution in [-0.4, -0.2) is 18.0 Å². The van der Waals surface area contributed by atoms with Gasteiger partial charge in [0.15, 0.2) is 0 Å². The molecule has 0 saturated carbocycles. The molecule has 2 aromatic carbocycles. The second kappa shape index (κ2) is 6.88. The number of nitrogens with zero attached hydrogens (tertiary/aromatic N) is 1. The Morgan fingerprint density at radius 1 is 0.952 bits per heavy atom. The van der Waals surface area contributed by atoms with Gasteiger partial charge < -0.3 is 5.32 Å². The molecule has 0 fully saturated rings. The van der Waals surface area contributed by atoms with Gasteiger partial charge in [-0.2, -0.15) is 0 Å². The number of hydrogen-bond donors (Lipinski definition) is 1. The predicted octanol–water partition coefficient (Wildman–Crippen LogP) is 3.74. The van der Waals surface area contributed by atoms with E-state index in [-0.39, 0.29) is 0 Å². The lowest BCUT2D eigenvalue weighted by molar-refractivity contribution is 0.248. The molecule has 0 aliphatic carbocycles. The molecule has 1 heterocycles. The molecule has 1 unspecified atom stereocenters. The van der Waals surface area contributed by atoms with Crippen molar-refractivity contribution in [3.05, 3.63) is 71.3 Å². The van der Waals surface area contributed by atoms with Crippen LogP contribution in [0.5, 0.6) is 0 Å². The number of fused-ring (bicyclic) bond motifs is 1. The molecule has 1 aliphatic rings. The minimum atomic E-state index is 0.417. The van der Waals surface area contributed by atoms with E-state index >= 15 is 0 Å². The zero-order valence-electron chi connectivity index (χ0n) is 12.8. The molecule has 0 amide bonds. The number of benzene rings is 2. The average molecular weight is 280 g/mol. The smallest absolute Gasteiger partial charge is 0.0449 e. The summed E-state index contributed by atoms with van der Waals surface area (Å²) in [6.45, 7) is 6.51. The molecule has 2 heteroatoms. The van der Waals surface area contributed by atoms with Crippen LogP contribution in [0.25, 0.3) is 0 Å². The molecule has 0 spiro atoms. The topological polar surface area (TPSA) is 15.3 Å². The fraction of sp³-hybridized carbons (Fsp3) is 0.368. The van der Waals surface area contributed by atoms with Gasteiger partial charge in [-0.1, -0.05) is 61.5 Å². The molecule has 1 aliphatic heterocycles. The van der Waals surface area contributed by atoms with Crippen molar-refractivity contribution < 1.29 is 0 Å². The van der Waals surface area contributed by atoms with Crippen LogP contribution in [0.15, 0.2) is 54.6 Å². The van der Waals surface area contributed by atoms with E-state index in [4.69, 9.17) is 0 Å². The molecule has 2 aromatic rings. The molecule has 0 radical (unpaired) electrons. The van der Waals surface area contributed by atoms with Gasteiger partial charge in [-0.15, -0.1) is 0 Å². The van der Waals surface area contributed by atoms with E-state index in [9.17, 15) is 0 Å². The van der Waals surface area contributed by atoms with E-state index in [1.54, 1.807) is 0 Å². The van der Waals surface area contributed by atoms with Crippen molar-refractivity contribution in [2.24, 2.45) is 0 Å². The first-order valence-electron chi connectivity index (χ1n) is 7.94. The standard InChI is InChI=1S/C19H24N2/c1-2-12-20-19(16-8-4-3-5-9-16)15-21-13-17-10-6-7-11-18(17)14-21/h3-11,19-20H,2,12-15H2,1H3. The summed E-state index contributed by atoms with van der Waals surface area (Å²) in [6, 6.07) is 20.0. The summed E-state index contributed by atoms with van der Waals surface area (Å²) in [6.07, 6.45) is 1.17. The highest BCUT2D eigenvalue weighted by atomic mass is 15.2. The van der Waals surface area contributed by atoms with E-state index in [0.29, 0.717) is 6.04 Å². The second-order valence-electron chi connectivity index (χ2n) is 5.86. The van der Waals surface area contributed by atoms with Crippen molar-refractivity contribution in [1.82, 2.24) is 10.2 Å². The van der Waals surface area contributed by atoms with Crippen molar-refractivity contribution >= 4 is 0 Å². The number of nitrogens with one attached hydrogen (secondary N) is 1. The maximum Gasteiger partial charge on any atom is 0.0449 e. The van der Waals surface area contributed by atoms with Crippen molar-refractivity contribution in [3.63, 3.8) is 0 Å². The molecule has 3 rings (SSSR count). The van der Waals surface area contributed by atoms with Gasteiger partial charge in [0.25, 0.3) is 0 Å². The van der Waals surface area contributed by atoms with Gasteiger partial charge in [0.05, 0.1) is 0 Å². The summed E-state index contributed by atoms with van der Waals surface area (Å²) in [5, 5.41) is 3.70. The Hall–Kier alpha value is -1.64. The van der Waals surface area contributed by atoms with Crippen LogP contribution in [0.4, 0.5) is 0 Å². The Morgan fingerprint density at radius 3 is 2.19 bits per heavy atom. The molecule has 0 aromatic heterocycles. The van der Waals surface area contributed by atoms with Crippen LogP contribution in [0, 0.1) is 0 Å². The van der Waals surface area contributed by atoms with Crippen molar-refractivity contribution in [1.29, 1.82) is 0 Å². The lowest BCUT2D eigenvalue weighted by atomic mass is 10.1. The maximum absolute atomic E-state index is 3.70. The summed E-state index contributed by atoms with van der Waals surface area (Å²) in [5.74, 6) is 0. The largest absolute Gasteiger partial charge is 0.309 e. The Labute approximate surface area is 127 Å². The van der Waals surface area contributed by atoms with Gasteiger partial charge >= 0.3 is 0 Å². The lowest BCUT2D eigenvalue weighted by Gasteiger charge is -2.25. The molecular weight excluding hydrogens is 256 g/mol. The predicted molar refractivity (Wildman–Crippen MR) is 88.0 cm³/mol. The lowest BCUT2D eigenvalue weighted by Crippen LogP contribution is -2.33. The summed E-state index contributed by atoms with van der Waals surface area (Å²) < 4.78 is 0. The minimum absolute atomic E-state index is 0.417. The molecular formula is C19H24N2. The first kappa shape index (κ1) is 14.3. The Bertz CT molecular complexity index is 540. The van der Waals surface area contributed by atoms with E-state index in [2.05, 4.69) is 71.7 Å². The number of hydrogen-bond acceptors (Lipinski definition) is 2. The Morgan fingerprint density at radius 2 is 1.57 bits per heavy atom. The van der Waals surface area contributed by atoms with Crippen molar-refractivity contribution in [2.45, 2.75) is 32.5 Å². The first-order valence-corrected chi connectivity index (χ1v) is 7.94. The van der Waals surface area contributed by atoms with E-state index in [1.165, 1.54) is 23.1 Å². The van der Waals surface area contributed by atoms with Gasteiger partial charge in [0, 0.05) is 25.7 Å². The third-order valence-corrected chi connectivity index (χ3v) is 4.19. The maximum atomic E-state index is 3.70. The van der Waals surface area contributed by atoms with Crippen LogP contribution in [0.1, 0.15) is 36.1 Å². The first-order chi connectivity index (χ1) is 10.4. The molecule has 1 N–H and O–H groups in total. The quantitative estimate of drug-likeness (QED) is 0.867. The van der Waals surface area contributed by atoms with Crippen LogP contribution < -0.4 is 5.32 Å². The summed E-state index contributed by atoms with van der Waals surface area (Å²) in [4.78, 5) is 2.55. The molecule has 0 bridgehead atoms. The van der Waals surface area contributed by atoms with Crippen molar-refractivity contribution in [3.8, 4) is 0 Å². The van der Waals surface area contributed by atoms with Crippen LogP contribution >= 0.6 is 0 Å². The molecule has 0 saturated heterocycles. The Balaban J connectivity index is 1.68. The van der Waals surface area contributed by atoms with Crippen molar-refractivity contribution in [2.75, 3.05) is 13.1 Å². The molecule has 21 heavy (non-hydrogen) atoms. The fourth-order valence-electron chi connectivity index (χ4n) is 3.08. The van der Waals surface area contributed by atoms with Crippen LogP contribution in [0.2, 0.25) is 0 Å². The fourth-order valence-corrected chi connectivity index (χ4v) is 3.08. The third kappa shape index (κ3) is 3.52. The highest BCUT2D eigenvalue weighted by molar-refractivity contribution is 5.30. The van der Waals surface area contributed by atoms with Gasteiger partial charge in [-0.05, 0) is 29.7 Å². The summed E-state index contributed by atoms with van der Waals surface area (Å²) in [5.41, 5.74) is 4.36. The highest BCUT2D eigenvalue weighted by Crippen LogP contribution is 2.25. The van der Waals surface area contributed by atoms with Crippen LogP contribution in [-0.2, 0) is 13.1 Å². The monoisotopic (exact) mass is 280 g/mol. The van der Waals surface area contributed by atoms with Gasteiger partial charge in [-0.25, -0.2) is 0 Å². The normalized spacial score (nSPS) is 15.9. The SMILES string of the molecule is CCCNC(CN1Cc2ccccc2C1)c1ccccc1. The minimum Gasteiger partial charge on any atom is -0.309 e. The second-order valence-corrected chi connectivity index (χ2v) is 5.86. The summed E-state index contributed by atoms with van der Waals surface area (Å²) >= 11 is 0. The highest BCUT2D eigenvalue weighted by Gasteiger charge is 2.21. The zero-order valence-corrected chi connectivity index (χ0v) is 12.8. The van der Waals surface area contributed by atoms with Gasteiger partial charge in [0.2, 0.25) is 0 Å². The zero-order chi connectivity index (χ0) is 14.5. The van der Waals surface area contributed by atoms with E-state index in [0.717, 1.165) is 26.2 Å². The average Bonchev–Trinajstić information content (AvgIpc) is 2.94. The van der Waals surface area contributed by atoms with E-state index < -0.39 is 0 Å². The van der Waals surface area contributed by atoms with Gasteiger partial charge in [0.1, 0.15) is 0 Å². The molecule has 1 atom stereocenters. The van der Waals surface area contributed by atoms with Crippen LogP contribution in [0.3, 0.4) is 0 Å². The third-order valence-electron chi connectivity index (χ3n) is 4.19. The van der Waals surface area contributed by atoms with E-state index in [1.807, 2.05) is 0 Å². The molecule has 2 nitrogen and oxygen atoms in total. The van der Waals surface area contributed by atoms with Gasteiger partial charge in [-0.3, -0.25) is 4.90 Å².